The summed E-state index contributed by atoms with van der Waals surface area (Å²) in [6.07, 6.45) is 0.377. The van der Waals surface area contributed by atoms with Crippen LogP contribution in [0.15, 0.2) is 30.3 Å². The summed E-state index contributed by atoms with van der Waals surface area (Å²) in [4.78, 5) is 24.9. The predicted molar refractivity (Wildman–Crippen MR) is 70.7 cm³/mol. The van der Waals surface area contributed by atoms with E-state index in [1.165, 1.54) is 6.92 Å². The molecule has 1 aliphatic heterocycles. The van der Waals surface area contributed by atoms with Crippen LogP contribution in [0.25, 0.3) is 0 Å². The minimum Gasteiger partial charge on any atom is -0.488 e. The summed E-state index contributed by atoms with van der Waals surface area (Å²) in [6.45, 7) is 1.92. The number of likely N-dealkylation sites (tertiary alicyclic amines) is 1. The third-order valence-corrected chi connectivity index (χ3v) is 3.26. The van der Waals surface area contributed by atoms with Gasteiger partial charge in [0.25, 0.3) is 0 Å². The van der Waals surface area contributed by atoms with Gasteiger partial charge in [0.05, 0.1) is 6.54 Å². The first-order valence-corrected chi connectivity index (χ1v) is 6.32. The van der Waals surface area contributed by atoms with Crippen molar-refractivity contribution in [3.8, 4) is 5.75 Å². The van der Waals surface area contributed by atoms with Crippen molar-refractivity contribution < 1.29 is 14.3 Å². The van der Waals surface area contributed by atoms with E-state index < -0.39 is 6.04 Å². The molecular formula is C14H18N2O3. The van der Waals surface area contributed by atoms with E-state index >= 15 is 0 Å². The Morgan fingerprint density at radius 3 is 2.58 bits per heavy atom. The maximum absolute atomic E-state index is 11.8. The number of nitrogens with one attached hydrogen (secondary N) is 1. The van der Waals surface area contributed by atoms with Crippen molar-refractivity contribution in [2.45, 2.75) is 25.5 Å². The average Bonchev–Trinajstić information content (AvgIpc) is 2.83. The van der Waals surface area contributed by atoms with Crippen LogP contribution in [0, 0.1) is 0 Å². The van der Waals surface area contributed by atoms with Gasteiger partial charge in [-0.2, -0.15) is 0 Å². The summed E-state index contributed by atoms with van der Waals surface area (Å²) in [5.74, 6) is 0.510. The SMILES string of the molecule is CNC(=O)[C@H]1C[C@H](Oc2ccccc2)CN1C(C)=O. The van der Waals surface area contributed by atoms with E-state index in [0.717, 1.165) is 5.75 Å². The molecule has 5 nitrogen and oxygen atoms in total. The number of carbonyl (C=O) groups excluding carboxylic acids is 2. The number of benzene rings is 1. The molecule has 1 N–H and O–H groups in total. The van der Waals surface area contributed by atoms with Crippen molar-refractivity contribution in [1.82, 2.24) is 10.2 Å². The third kappa shape index (κ3) is 3.05. The van der Waals surface area contributed by atoms with E-state index in [2.05, 4.69) is 5.32 Å². The lowest BCUT2D eigenvalue weighted by atomic mass is 10.2. The topological polar surface area (TPSA) is 58.6 Å². The van der Waals surface area contributed by atoms with Crippen LogP contribution in [0.1, 0.15) is 13.3 Å². The van der Waals surface area contributed by atoms with Crippen molar-refractivity contribution in [2.75, 3.05) is 13.6 Å². The number of ether oxygens (including phenoxy) is 1. The number of para-hydroxylation sites is 1. The van der Waals surface area contributed by atoms with E-state index in [0.29, 0.717) is 13.0 Å². The summed E-state index contributed by atoms with van der Waals surface area (Å²) in [6, 6.07) is 9.00. The number of rotatable bonds is 3. The molecule has 1 saturated heterocycles. The van der Waals surface area contributed by atoms with E-state index in [9.17, 15) is 9.59 Å². The van der Waals surface area contributed by atoms with Crippen molar-refractivity contribution in [3.63, 3.8) is 0 Å². The molecule has 1 fully saturated rings. The monoisotopic (exact) mass is 262 g/mol. The second-order valence-electron chi connectivity index (χ2n) is 4.59. The molecular weight excluding hydrogens is 244 g/mol. The van der Waals surface area contributed by atoms with E-state index in [1.54, 1.807) is 11.9 Å². The Kier molecular flexibility index (Phi) is 4.04. The van der Waals surface area contributed by atoms with Gasteiger partial charge in [-0.25, -0.2) is 0 Å². The first-order valence-electron chi connectivity index (χ1n) is 6.32. The van der Waals surface area contributed by atoms with Crippen molar-refractivity contribution in [2.24, 2.45) is 0 Å². The van der Waals surface area contributed by atoms with E-state index in [1.807, 2.05) is 30.3 Å². The Balaban J connectivity index is 2.05. The first-order chi connectivity index (χ1) is 9.11. The van der Waals surface area contributed by atoms with Crippen LogP contribution in [0.5, 0.6) is 5.75 Å². The van der Waals surface area contributed by atoms with Crippen LogP contribution in [0.3, 0.4) is 0 Å². The number of hydrogen-bond donors (Lipinski definition) is 1. The molecule has 0 bridgehead atoms. The van der Waals surface area contributed by atoms with Crippen LogP contribution in [0.4, 0.5) is 0 Å². The van der Waals surface area contributed by atoms with Crippen LogP contribution >= 0.6 is 0 Å². The summed E-state index contributed by atoms with van der Waals surface area (Å²) < 4.78 is 5.81. The van der Waals surface area contributed by atoms with Gasteiger partial charge in [0.15, 0.2) is 0 Å². The first kappa shape index (κ1) is 13.4. The zero-order chi connectivity index (χ0) is 13.8. The quantitative estimate of drug-likeness (QED) is 0.876. The molecule has 0 aromatic heterocycles. The van der Waals surface area contributed by atoms with Gasteiger partial charge >= 0.3 is 0 Å². The van der Waals surface area contributed by atoms with E-state index in [4.69, 9.17) is 4.74 Å². The lowest BCUT2D eigenvalue weighted by Crippen LogP contribution is -2.44. The van der Waals surface area contributed by atoms with Gasteiger partial charge in [-0.15, -0.1) is 0 Å². The zero-order valence-electron chi connectivity index (χ0n) is 11.1. The summed E-state index contributed by atoms with van der Waals surface area (Å²) in [5, 5.41) is 2.59. The minimum absolute atomic E-state index is 0.104. The Morgan fingerprint density at radius 2 is 2.00 bits per heavy atom. The molecule has 1 aromatic carbocycles. The minimum atomic E-state index is -0.434. The molecule has 5 heteroatoms. The van der Waals surface area contributed by atoms with Gasteiger partial charge in [0.1, 0.15) is 17.9 Å². The highest BCUT2D eigenvalue weighted by Gasteiger charge is 2.38. The molecule has 102 valence electrons. The Labute approximate surface area is 112 Å². The van der Waals surface area contributed by atoms with Crippen molar-refractivity contribution >= 4 is 11.8 Å². The standard InChI is InChI=1S/C14H18N2O3/c1-10(17)16-9-12(8-13(16)14(18)15-2)19-11-6-4-3-5-7-11/h3-7,12-13H,8-9H2,1-2H3,(H,15,18)/t12-,13+/m0/s1. The lowest BCUT2D eigenvalue weighted by molar-refractivity contribution is -0.136. The number of amides is 2. The maximum atomic E-state index is 11.8. The summed E-state index contributed by atoms with van der Waals surface area (Å²) in [5.41, 5.74) is 0. The van der Waals surface area contributed by atoms with Crippen LogP contribution in [-0.2, 0) is 9.59 Å². The fourth-order valence-electron chi connectivity index (χ4n) is 2.34. The molecule has 2 atom stereocenters. The molecule has 0 spiro atoms. The van der Waals surface area contributed by atoms with Gasteiger partial charge < -0.3 is 15.0 Å². The van der Waals surface area contributed by atoms with Gasteiger partial charge in [0.2, 0.25) is 11.8 Å². The smallest absolute Gasteiger partial charge is 0.242 e. The van der Waals surface area contributed by atoms with Crippen molar-refractivity contribution in [1.29, 1.82) is 0 Å². The Morgan fingerprint density at radius 1 is 1.32 bits per heavy atom. The van der Waals surface area contributed by atoms with Crippen molar-refractivity contribution in [3.05, 3.63) is 30.3 Å². The molecule has 1 aliphatic rings. The third-order valence-electron chi connectivity index (χ3n) is 3.26. The zero-order valence-corrected chi connectivity index (χ0v) is 11.1. The molecule has 1 aromatic rings. The molecule has 0 saturated carbocycles. The average molecular weight is 262 g/mol. The van der Waals surface area contributed by atoms with E-state index in [-0.39, 0.29) is 17.9 Å². The summed E-state index contributed by atoms with van der Waals surface area (Å²) in [7, 11) is 1.58. The molecule has 2 amide bonds. The van der Waals surface area contributed by atoms with Gasteiger partial charge in [-0.05, 0) is 12.1 Å². The molecule has 1 heterocycles. The highest BCUT2D eigenvalue weighted by molar-refractivity contribution is 5.87. The highest BCUT2D eigenvalue weighted by atomic mass is 16.5. The number of carbonyl (C=O) groups is 2. The molecule has 19 heavy (non-hydrogen) atoms. The van der Waals surface area contributed by atoms with Gasteiger partial charge in [-0.1, -0.05) is 18.2 Å². The normalized spacial score (nSPS) is 22.1. The fourth-order valence-corrected chi connectivity index (χ4v) is 2.34. The molecule has 0 unspecified atom stereocenters. The van der Waals surface area contributed by atoms with Gasteiger partial charge in [0, 0.05) is 20.4 Å². The highest BCUT2D eigenvalue weighted by Crippen LogP contribution is 2.23. The number of nitrogens with zero attached hydrogens (tertiary/aromatic N) is 1. The Hall–Kier alpha value is -2.04. The van der Waals surface area contributed by atoms with Crippen LogP contribution < -0.4 is 10.1 Å². The fraction of sp³-hybridized carbons (Fsp3) is 0.429. The molecule has 0 radical (unpaired) electrons. The second kappa shape index (κ2) is 5.73. The second-order valence-corrected chi connectivity index (χ2v) is 4.59. The van der Waals surface area contributed by atoms with Crippen LogP contribution in [-0.4, -0.2) is 42.5 Å². The molecule has 2 rings (SSSR count). The Bertz CT molecular complexity index is 461. The summed E-state index contributed by atoms with van der Waals surface area (Å²) >= 11 is 0. The largest absolute Gasteiger partial charge is 0.488 e. The lowest BCUT2D eigenvalue weighted by Gasteiger charge is -2.20. The number of likely N-dealkylation sites (N-methyl/N-ethyl adjacent to an activating group) is 1. The van der Waals surface area contributed by atoms with Crippen LogP contribution in [0.2, 0.25) is 0 Å². The van der Waals surface area contributed by atoms with Gasteiger partial charge in [-0.3, -0.25) is 9.59 Å². The number of hydrogen-bond acceptors (Lipinski definition) is 3. The maximum Gasteiger partial charge on any atom is 0.242 e. The predicted octanol–water partition coefficient (Wildman–Crippen LogP) is 0.801. The molecule has 0 aliphatic carbocycles.